The molecule has 1 rings (SSSR count). The van der Waals surface area contributed by atoms with E-state index in [-0.39, 0.29) is 11.8 Å². The molecule has 1 fully saturated rings. The van der Waals surface area contributed by atoms with Crippen LogP contribution in [0.15, 0.2) is 0 Å². The first kappa shape index (κ1) is 20.9. The second-order valence-corrected chi connectivity index (χ2v) is 6.78. The lowest BCUT2D eigenvalue weighted by atomic mass is 10.0. The lowest BCUT2D eigenvalue weighted by molar-refractivity contribution is -0.143. The van der Waals surface area contributed by atoms with Crippen LogP contribution in [0.3, 0.4) is 0 Å². The molecule has 3 unspecified atom stereocenters. The summed E-state index contributed by atoms with van der Waals surface area (Å²) in [5, 5.41) is 13.6. The van der Waals surface area contributed by atoms with E-state index in [4.69, 9.17) is 10.8 Å². The molecule has 5 N–H and O–H groups in total. The van der Waals surface area contributed by atoms with E-state index in [0.29, 0.717) is 25.8 Å². The van der Waals surface area contributed by atoms with Crippen LogP contribution >= 0.6 is 0 Å². The molecule has 0 aromatic carbocycles. The Morgan fingerprint density at radius 3 is 2.40 bits per heavy atom. The highest BCUT2D eigenvalue weighted by molar-refractivity contribution is 5.94. The lowest BCUT2D eigenvalue weighted by Crippen LogP contribution is -2.55. The fourth-order valence-corrected chi connectivity index (χ4v) is 2.78. The summed E-state index contributed by atoms with van der Waals surface area (Å²) < 4.78 is 0. The van der Waals surface area contributed by atoms with E-state index in [1.165, 1.54) is 11.8 Å². The summed E-state index contributed by atoms with van der Waals surface area (Å²) in [6.45, 7) is 5.30. The van der Waals surface area contributed by atoms with E-state index < -0.39 is 42.5 Å². The normalized spacial score (nSPS) is 19.4. The van der Waals surface area contributed by atoms with E-state index in [2.05, 4.69) is 10.6 Å². The minimum Gasteiger partial charge on any atom is -0.480 e. The van der Waals surface area contributed by atoms with Crippen molar-refractivity contribution in [3.63, 3.8) is 0 Å². The number of rotatable bonds is 8. The number of nitrogens with one attached hydrogen (secondary N) is 2. The van der Waals surface area contributed by atoms with Crippen molar-refractivity contribution >= 4 is 23.7 Å². The Morgan fingerprint density at radius 2 is 1.88 bits per heavy atom. The predicted octanol–water partition coefficient (Wildman–Crippen LogP) is -0.944. The van der Waals surface area contributed by atoms with Gasteiger partial charge in [-0.25, -0.2) is 0 Å². The summed E-state index contributed by atoms with van der Waals surface area (Å²) in [5.41, 5.74) is 5.56. The maximum absolute atomic E-state index is 12.9. The van der Waals surface area contributed by atoms with Crippen LogP contribution < -0.4 is 16.4 Å². The minimum atomic E-state index is -1.15. The zero-order valence-corrected chi connectivity index (χ0v) is 14.9. The van der Waals surface area contributed by atoms with E-state index in [1.807, 2.05) is 13.8 Å². The van der Waals surface area contributed by atoms with Crippen LogP contribution in [0.5, 0.6) is 0 Å². The van der Waals surface area contributed by atoms with E-state index in [1.54, 1.807) is 0 Å². The van der Waals surface area contributed by atoms with Crippen LogP contribution in [-0.4, -0.2) is 64.9 Å². The van der Waals surface area contributed by atoms with Crippen molar-refractivity contribution in [1.29, 1.82) is 0 Å². The summed E-state index contributed by atoms with van der Waals surface area (Å²) in [4.78, 5) is 48.9. The average molecular weight is 356 g/mol. The zero-order chi connectivity index (χ0) is 19.1. The fourth-order valence-electron chi connectivity index (χ4n) is 2.78. The van der Waals surface area contributed by atoms with Gasteiger partial charge in [-0.2, -0.15) is 0 Å². The van der Waals surface area contributed by atoms with Crippen molar-refractivity contribution in [2.45, 2.75) is 58.2 Å². The number of hydrogen-bond acceptors (Lipinski definition) is 5. The Morgan fingerprint density at radius 1 is 1.24 bits per heavy atom. The van der Waals surface area contributed by atoms with Crippen molar-refractivity contribution in [1.82, 2.24) is 15.5 Å². The summed E-state index contributed by atoms with van der Waals surface area (Å²) >= 11 is 0. The standard InChI is InChI=1S/C16H28N4O5/c1-9(2)7-11(19-14(23)10(3)17)16(25)20-6-4-5-12(20)15(24)18-8-13(21)22/h9-12H,4-8,17H2,1-3H3,(H,18,24)(H,19,23)(H,21,22). The molecular formula is C16H28N4O5. The van der Waals surface area contributed by atoms with Gasteiger partial charge in [0, 0.05) is 6.54 Å². The van der Waals surface area contributed by atoms with Crippen LogP contribution in [-0.2, 0) is 19.2 Å². The molecule has 142 valence electrons. The number of carboxylic acid groups (broad SMARTS) is 1. The predicted molar refractivity (Wildman–Crippen MR) is 90.4 cm³/mol. The monoisotopic (exact) mass is 356 g/mol. The topological polar surface area (TPSA) is 142 Å². The summed E-state index contributed by atoms with van der Waals surface area (Å²) in [6, 6.07) is -2.21. The van der Waals surface area contributed by atoms with Gasteiger partial charge < -0.3 is 26.4 Å². The maximum Gasteiger partial charge on any atom is 0.322 e. The molecule has 0 saturated carbocycles. The van der Waals surface area contributed by atoms with Crippen molar-refractivity contribution < 1.29 is 24.3 Å². The van der Waals surface area contributed by atoms with Crippen molar-refractivity contribution in [3.05, 3.63) is 0 Å². The molecule has 0 bridgehead atoms. The van der Waals surface area contributed by atoms with Gasteiger partial charge in [-0.1, -0.05) is 13.8 Å². The van der Waals surface area contributed by atoms with Crippen LogP contribution in [0.4, 0.5) is 0 Å². The lowest BCUT2D eigenvalue weighted by Gasteiger charge is -2.29. The van der Waals surface area contributed by atoms with Gasteiger partial charge >= 0.3 is 5.97 Å². The summed E-state index contributed by atoms with van der Waals surface area (Å²) in [5.74, 6) is -2.24. The van der Waals surface area contributed by atoms with Crippen LogP contribution in [0, 0.1) is 5.92 Å². The van der Waals surface area contributed by atoms with Crippen molar-refractivity contribution in [3.8, 4) is 0 Å². The van der Waals surface area contributed by atoms with E-state index >= 15 is 0 Å². The number of carboxylic acids is 1. The number of hydrogen-bond donors (Lipinski definition) is 4. The number of carbonyl (C=O) groups is 4. The molecule has 1 aliphatic heterocycles. The zero-order valence-electron chi connectivity index (χ0n) is 14.9. The Labute approximate surface area is 147 Å². The third kappa shape index (κ3) is 6.33. The van der Waals surface area contributed by atoms with Gasteiger partial charge in [0.05, 0.1) is 6.04 Å². The fraction of sp³-hybridized carbons (Fsp3) is 0.750. The van der Waals surface area contributed by atoms with Crippen molar-refractivity contribution in [2.24, 2.45) is 11.7 Å². The second kappa shape index (κ2) is 9.36. The molecule has 1 saturated heterocycles. The van der Waals surface area contributed by atoms with E-state index in [9.17, 15) is 19.2 Å². The quantitative estimate of drug-likeness (QED) is 0.442. The highest BCUT2D eigenvalue weighted by Crippen LogP contribution is 2.20. The van der Waals surface area contributed by atoms with Gasteiger partial charge in [-0.3, -0.25) is 19.2 Å². The molecule has 0 aliphatic carbocycles. The number of amides is 3. The summed E-state index contributed by atoms with van der Waals surface area (Å²) in [7, 11) is 0. The number of nitrogens with two attached hydrogens (primary N) is 1. The maximum atomic E-state index is 12.9. The van der Waals surface area contributed by atoms with Crippen LogP contribution in [0.1, 0.15) is 40.0 Å². The Bertz CT molecular complexity index is 521. The van der Waals surface area contributed by atoms with Crippen molar-refractivity contribution in [2.75, 3.05) is 13.1 Å². The van der Waals surface area contributed by atoms with E-state index in [0.717, 1.165) is 0 Å². The summed E-state index contributed by atoms with van der Waals surface area (Å²) in [6.07, 6.45) is 1.54. The molecule has 25 heavy (non-hydrogen) atoms. The molecule has 1 aliphatic rings. The molecule has 0 aromatic rings. The minimum absolute atomic E-state index is 0.157. The Balaban J connectivity index is 2.84. The van der Waals surface area contributed by atoms with Gasteiger partial charge in [-0.05, 0) is 32.1 Å². The molecule has 9 heteroatoms. The van der Waals surface area contributed by atoms with Gasteiger partial charge in [0.2, 0.25) is 17.7 Å². The number of aliphatic carboxylic acids is 1. The molecule has 1 heterocycles. The Hall–Kier alpha value is -2.16. The number of carbonyl (C=O) groups excluding carboxylic acids is 3. The van der Waals surface area contributed by atoms with Crippen LogP contribution in [0.25, 0.3) is 0 Å². The second-order valence-electron chi connectivity index (χ2n) is 6.78. The van der Waals surface area contributed by atoms with Crippen LogP contribution in [0.2, 0.25) is 0 Å². The molecule has 3 amide bonds. The Kier molecular flexibility index (Phi) is 7.82. The van der Waals surface area contributed by atoms with Gasteiger partial charge in [0.1, 0.15) is 18.6 Å². The molecular weight excluding hydrogens is 328 g/mol. The average Bonchev–Trinajstić information content (AvgIpc) is 3.00. The number of likely N-dealkylation sites (tertiary alicyclic amines) is 1. The molecule has 0 radical (unpaired) electrons. The van der Waals surface area contributed by atoms with Gasteiger partial charge in [0.25, 0.3) is 0 Å². The molecule has 9 nitrogen and oxygen atoms in total. The highest BCUT2D eigenvalue weighted by Gasteiger charge is 2.38. The smallest absolute Gasteiger partial charge is 0.322 e. The SMILES string of the molecule is CC(C)CC(NC(=O)C(C)N)C(=O)N1CCCC1C(=O)NCC(=O)O. The largest absolute Gasteiger partial charge is 0.480 e. The third-order valence-electron chi connectivity index (χ3n) is 3.99. The first-order valence-electron chi connectivity index (χ1n) is 8.49. The van der Waals surface area contributed by atoms with Gasteiger partial charge in [0.15, 0.2) is 0 Å². The van der Waals surface area contributed by atoms with Gasteiger partial charge in [-0.15, -0.1) is 0 Å². The highest BCUT2D eigenvalue weighted by atomic mass is 16.4. The first-order valence-corrected chi connectivity index (χ1v) is 8.49. The molecule has 0 spiro atoms. The first-order chi connectivity index (χ1) is 11.6. The third-order valence-corrected chi connectivity index (χ3v) is 3.99. The molecule has 3 atom stereocenters. The molecule has 0 aromatic heterocycles. The number of nitrogens with zero attached hydrogens (tertiary/aromatic N) is 1.